The zero-order chi connectivity index (χ0) is 13.9. The van der Waals surface area contributed by atoms with E-state index in [2.05, 4.69) is 31.9 Å². The molecule has 0 amide bonds. The smallest absolute Gasteiger partial charge is 0.143 e. The fourth-order valence-corrected chi connectivity index (χ4v) is 2.69. The van der Waals surface area contributed by atoms with E-state index in [0.29, 0.717) is 0 Å². The molecule has 0 fully saturated rings. The molecule has 1 N–H and O–H groups in total. The molecule has 102 valence electrons. The lowest BCUT2D eigenvalue weighted by Gasteiger charge is -2.09. The molecule has 20 heavy (non-hydrogen) atoms. The highest BCUT2D eigenvalue weighted by Gasteiger charge is 2.05. The Morgan fingerprint density at radius 1 is 1.30 bits per heavy atom. The quantitative estimate of drug-likeness (QED) is 0.797. The van der Waals surface area contributed by atoms with Gasteiger partial charge in [-0.15, -0.1) is 16.4 Å². The van der Waals surface area contributed by atoms with Crippen LogP contribution in [0.4, 0.5) is 5.69 Å². The topological polar surface area (TPSA) is 68.5 Å². The second-order valence-electron chi connectivity index (χ2n) is 4.47. The Bertz CT molecular complexity index is 703. The molecule has 2 aromatic heterocycles. The molecule has 0 aliphatic rings. The molecule has 3 aromatic rings. The summed E-state index contributed by atoms with van der Waals surface area (Å²) < 4.78 is 1.66. The van der Waals surface area contributed by atoms with Crippen LogP contribution in [0.15, 0.2) is 30.0 Å². The van der Waals surface area contributed by atoms with Gasteiger partial charge in [0.25, 0.3) is 0 Å². The number of nitrogens with one attached hydrogen (secondary N) is 1. The number of thiazole rings is 1. The lowest BCUT2D eigenvalue weighted by atomic mass is 10.2. The van der Waals surface area contributed by atoms with Gasteiger partial charge in [0.05, 0.1) is 23.4 Å². The van der Waals surface area contributed by atoms with Crippen molar-refractivity contribution in [3.8, 4) is 5.69 Å². The van der Waals surface area contributed by atoms with Crippen LogP contribution >= 0.6 is 11.3 Å². The summed E-state index contributed by atoms with van der Waals surface area (Å²) >= 11 is 1.67. The Morgan fingerprint density at radius 3 is 2.85 bits per heavy atom. The highest BCUT2D eigenvalue weighted by atomic mass is 32.1. The summed E-state index contributed by atoms with van der Waals surface area (Å²) in [6, 6.07) is 6.13. The molecule has 0 atom stereocenters. The second kappa shape index (κ2) is 5.38. The van der Waals surface area contributed by atoms with Gasteiger partial charge >= 0.3 is 0 Å². The number of nitrogens with zero attached hydrogens (tertiary/aromatic N) is 5. The van der Waals surface area contributed by atoms with Crippen molar-refractivity contribution in [3.63, 3.8) is 0 Å². The highest BCUT2D eigenvalue weighted by Crippen LogP contribution is 2.20. The maximum Gasteiger partial charge on any atom is 0.143 e. The van der Waals surface area contributed by atoms with Crippen molar-refractivity contribution in [2.45, 2.75) is 20.4 Å². The third-order valence-corrected chi connectivity index (χ3v) is 4.03. The first kappa shape index (κ1) is 12.7. The average Bonchev–Trinajstić information content (AvgIpc) is 3.08. The minimum absolute atomic E-state index is 0.792. The van der Waals surface area contributed by atoms with Gasteiger partial charge in [0.1, 0.15) is 6.33 Å². The van der Waals surface area contributed by atoms with Gasteiger partial charge in [0, 0.05) is 10.6 Å². The number of anilines is 1. The van der Waals surface area contributed by atoms with Gasteiger partial charge in [-0.1, -0.05) is 0 Å². The second-order valence-corrected chi connectivity index (χ2v) is 5.41. The first-order chi connectivity index (χ1) is 9.74. The molecule has 7 heteroatoms. The molecule has 3 rings (SSSR count). The maximum absolute atomic E-state index is 4.25. The minimum Gasteiger partial charge on any atom is -0.380 e. The Balaban J connectivity index is 1.76. The van der Waals surface area contributed by atoms with E-state index in [1.165, 1.54) is 4.88 Å². The van der Waals surface area contributed by atoms with Crippen molar-refractivity contribution in [2.24, 2.45) is 0 Å². The minimum atomic E-state index is 0.792. The predicted octanol–water partition coefficient (Wildman–Crippen LogP) is 2.35. The van der Waals surface area contributed by atoms with Crippen molar-refractivity contribution < 1.29 is 0 Å². The van der Waals surface area contributed by atoms with E-state index in [0.717, 1.165) is 29.2 Å². The largest absolute Gasteiger partial charge is 0.380 e. The molecular formula is C13H14N6S. The third-order valence-electron chi connectivity index (χ3n) is 3.09. The van der Waals surface area contributed by atoms with Gasteiger partial charge < -0.3 is 5.32 Å². The molecule has 0 aliphatic heterocycles. The summed E-state index contributed by atoms with van der Waals surface area (Å²) in [5, 5.41) is 14.6. The van der Waals surface area contributed by atoms with Gasteiger partial charge in [-0.3, -0.25) is 0 Å². The van der Waals surface area contributed by atoms with Gasteiger partial charge in [-0.25, -0.2) is 9.67 Å². The molecule has 0 radical (unpaired) electrons. The number of hydrogen-bond donors (Lipinski definition) is 1. The Hall–Kier alpha value is -2.28. The molecule has 0 spiro atoms. The van der Waals surface area contributed by atoms with Gasteiger partial charge in [0.2, 0.25) is 0 Å². The fraction of sp³-hybridized carbons (Fsp3) is 0.231. The van der Waals surface area contributed by atoms with E-state index in [-0.39, 0.29) is 0 Å². The van der Waals surface area contributed by atoms with Crippen LogP contribution in [-0.4, -0.2) is 25.2 Å². The number of benzene rings is 1. The van der Waals surface area contributed by atoms with E-state index in [4.69, 9.17) is 0 Å². The van der Waals surface area contributed by atoms with Crippen LogP contribution in [0.1, 0.15) is 16.1 Å². The SMILES string of the molecule is Cc1cc(NCc2scnc2C)ccc1-n1cnnn1. The maximum atomic E-state index is 4.25. The average molecular weight is 286 g/mol. The van der Waals surface area contributed by atoms with Crippen molar-refractivity contribution in [1.82, 2.24) is 25.2 Å². The van der Waals surface area contributed by atoms with Gasteiger partial charge in [-0.05, 0) is 48.0 Å². The fourth-order valence-electron chi connectivity index (χ4n) is 1.97. The number of aromatic nitrogens is 5. The van der Waals surface area contributed by atoms with Crippen molar-refractivity contribution in [2.75, 3.05) is 5.32 Å². The first-order valence-corrected chi connectivity index (χ1v) is 7.09. The van der Waals surface area contributed by atoms with Crippen LogP contribution in [0.2, 0.25) is 0 Å². The molecule has 0 saturated heterocycles. The molecule has 2 heterocycles. The van der Waals surface area contributed by atoms with E-state index in [1.54, 1.807) is 22.3 Å². The standard InChI is InChI=1S/C13H14N6S/c1-9-5-11(14-6-13-10(2)15-8-20-13)3-4-12(9)19-7-16-17-18-19/h3-5,7-8,14H,6H2,1-2H3. The Labute approximate surface area is 120 Å². The highest BCUT2D eigenvalue weighted by molar-refractivity contribution is 7.09. The van der Waals surface area contributed by atoms with Crippen molar-refractivity contribution >= 4 is 17.0 Å². The van der Waals surface area contributed by atoms with Crippen LogP contribution in [0, 0.1) is 13.8 Å². The third kappa shape index (κ3) is 2.53. The first-order valence-electron chi connectivity index (χ1n) is 6.21. The van der Waals surface area contributed by atoms with Crippen LogP contribution in [0.25, 0.3) is 5.69 Å². The van der Waals surface area contributed by atoms with Crippen LogP contribution in [-0.2, 0) is 6.54 Å². The van der Waals surface area contributed by atoms with E-state index >= 15 is 0 Å². The number of rotatable bonds is 4. The summed E-state index contributed by atoms with van der Waals surface area (Å²) in [6.45, 7) is 4.86. The Morgan fingerprint density at radius 2 is 2.20 bits per heavy atom. The Kier molecular flexibility index (Phi) is 3.42. The lowest BCUT2D eigenvalue weighted by molar-refractivity contribution is 0.785. The normalized spacial score (nSPS) is 10.7. The molecule has 0 saturated carbocycles. The molecule has 6 nitrogen and oxygen atoms in total. The van der Waals surface area contributed by atoms with E-state index in [9.17, 15) is 0 Å². The van der Waals surface area contributed by atoms with Crippen molar-refractivity contribution in [3.05, 3.63) is 46.2 Å². The van der Waals surface area contributed by atoms with Gasteiger partial charge in [0.15, 0.2) is 0 Å². The van der Waals surface area contributed by atoms with E-state index in [1.807, 2.05) is 31.5 Å². The van der Waals surface area contributed by atoms with Gasteiger partial charge in [-0.2, -0.15) is 0 Å². The zero-order valence-electron chi connectivity index (χ0n) is 11.2. The summed E-state index contributed by atoms with van der Waals surface area (Å²) in [5.41, 5.74) is 6.13. The number of hydrogen-bond acceptors (Lipinski definition) is 6. The summed E-state index contributed by atoms with van der Waals surface area (Å²) in [4.78, 5) is 5.50. The van der Waals surface area contributed by atoms with Crippen LogP contribution in [0.5, 0.6) is 0 Å². The molecule has 0 bridgehead atoms. The molecule has 0 unspecified atom stereocenters. The molecule has 1 aromatic carbocycles. The summed E-state index contributed by atoms with van der Waals surface area (Å²) in [5.74, 6) is 0. The van der Waals surface area contributed by atoms with Crippen LogP contribution in [0.3, 0.4) is 0 Å². The van der Waals surface area contributed by atoms with E-state index < -0.39 is 0 Å². The number of tetrazole rings is 1. The zero-order valence-corrected chi connectivity index (χ0v) is 12.1. The summed E-state index contributed by atoms with van der Waals surface area (Å²) in [6.07, 6.45) is 1.59. The van der Waals surface area contributed by atoms with Crippen molar-refractivity contribution in [1.29, 1.82) is 0 Å². The lowest BCUT2D eigenvalue weighted by Crippen LogP contribution is -2.02. The predicted molar refractivity (Wildman–Crippen MR) is 78.1 cm³/mol. The monoisotopic (exact) mass is 286 g/mol. The summed E-state index contributed by atoms with van der Waals surface area (Å²) in [7, 11) is 0. The molecular weight excluding hydrogens is 272 g/mol. The molecule has 0 aliphatic carbocycles. The van der Waals surface area contributed by atoms with Crippen LogP contribution < -0.4 is 5.32 Å². The number of aryl methyl sites for hydroxylation is 2.